The zero-order valence-corrected chi connectivity index (χ0v) is 23.2. The first kappa shape index (κ1) is 28.2. The largest absolute Gasteiger partial charge is 0.498 e. The Hall–Kier alpha value is -2.40. The summed E-state index contributed by atoms with van der Waals surface area (Å²) in [6, 6.07) is -0.483. The van der Waals surface area contributed by atoms with Gasteiger partial charge in [-0.1, -0.05) is 13.8 Å². The highest BCUT2D eigenvalue weighted by Gasteiger charge is 2.52. The van der Waals surface area contributed by atoms with E-state index in [1.54, 1.807) is 33.2 Å². The molecule has 11 heteroatoms. The number of rotatable bonds is 6. The Morgan fingerprint density at radius 3 is 2.08 bits per heavy atom. The van der Waals surface area contributed by atoms with Crippen molar-refractivity contribution in [2.24, 2.45) is 5.92 Å². The van der Waals surface area contributed by atoms with Crippen LogP contribution in [0.4, 0.5) is 10.7 Å². The summed E-state index contributed by atoms with van der Waals surface area (Å²) in [6.45, 7) is 18.4. The second-order valence-corrected chi connectivity index (χ2v) is 12.0. The van der Waals surface area contributed by atoms with E-state index in [2.05, 4.69) is 20.6 Å². The van der Waals surface area contributed by atoms with Crippen molar-refractivity contribution in [3.8, 4) is 0 Å². The van der Waals surface area contributed by atoms with Crippen LogP contribution < -0.4 is 16.1 Å². The molecule has 0 unspecified atom stereocenters. The van der Waals surface area contributed by atoms with Gasteiger partial charge in [0, 0.05) is 37.0 Å². The van der Waals surface area contributed by atoms with E-state index >= 15 is 0 Å². The molecule has 36 heavy (non-hydrogen) atoms. The highest BCUT2D eigenvalue weighted by atomic mass is 16.7. The topological polar surface area (TPSA) is 115 Å². The third-order valence-electron chi connectivity index (χ3n) is 6.94. The minimum Gasteiger partial charge on any atom is -0.444 e. The number of piperidine rings is 1. The Morgan fingerprint density at radius 2 is 1.61 bits per heavy atom. The summed E-state index contributed by atoms with van der Waals surface area (Å²) >= 11 is 0. The summed E-state index contributed by atoms with van der Waals surface area (Å²) in [6.07, 6.45) is 4.39. The minimum absolute atomic E-state index is 0.0586. The van der Waals surface area contributed by atoms with Crippen LogP contribution in [0.2, 0.25) is 0 Å². The first-order valence-corrected chi connectivity index (χ1v) is 12.8. The SMILES string of the molecule is CC(C)[C@H](NC(=O)OC(C)(C)C)C(=O)N1CCC(Nc2ncc(B3OC(C)(C)C(C)(C)O3)cn2)CC1. The number of amides is 2. The third kappa shape index (κ3) is 6.88. The number of anilines is 1. The molecule has 2 fully saturated rings. The van der Waals surface area contributed by atoms with Crippen LogP contribution in [0.25, 0.3) is 0 Å². The molecule has 2 aliphatic rings. The molecule has 10 nitrogen and oxygen atoms in total. The molecule has 1 atom stereocenters. The smallest absolute Gasteiger partial charge is 0.444 e. The lowest BCUT2D eigenvalue weighted by molar-refractivity contribution is -0.135. The molecule has 2 amide bonds. The quantitative estimate of drug-likeness (QED) is 0.570. The molecule has 2 saturated heterocycles. The average Bonchev–Trinajstić information content (AvgIpc) is 2.98. The molecule has 200 valence electrons. The van der Waals surface area contributed by atoms with Crippen LogP contribution in [0, 0.1) is 5.92 Å². The molecule has 2 N–H and O–H groups in total. The molecule has 0 saturated carbocycles. The van der Waals surface area contributed by atoms with Gasteiger partial charge in [0.2, 0.25) is 11.9 Å². The number of ether oxygens (including phenoxy) is 1. The first-order valence-electron chi connectivity index (χ1n) is 12.8. The van der Waals surface area contributed by atoms with Gasteiger partial charge in [-0.15, -0.1) is 0 Å². The van der Waals surface area contributed by atoms with Gasteiger partial charge in [-0.25, -0.2) is 14.8 Å². The first-order chi connectivity index (χ1) is 16.6. The maximum atomic E-state index is 13.1. The second-order valence-electron chi connectivity index (χ2n) is 12.0. The third-order valence-corrected chi connectivity index (χ3v) is 6.94. The number of alkyl carbamates (subject to hydrolysis) is 1. The molecule has 0 radical (unpaired) electrons. The summed E-state index contributed by atoms with van der Waals surface area (Å²) < 4.78 is 17.5. The molecular weight excluding hydrogens is 461 g/mol. The highest BCUT2D eigenvalue weighted by molar-refractivity contribution is 6.61. The van der Waals surface area contributed by atoms with E-state index in [0.717, 1.165) is 18.3 Å². The van der Waals surface area contributed by atoms with E-state index < -0.39 is 36.1 Å². The molecule has 3 heterocycles. The molecule has 1 aromatic heterocycles. The standard InChI is InChI=1S/C25H42BN5O5/c1-16(2)19(30-22(33)34-23(3,4)5)20(32)31-12-10-18(11-13-31)29-21-27-14-17(15-28-21)26-35-24(6,7)25(8,9)36-26/h14-16,18-19H,10-13H2,1-9H3,(H,30,33)(H,27,28,29)/t19-/m0/s1. The lowest BCUT2D eigenvalue weighted by Gasteiger charge is -2.35. The Labute approximate surface area is 215 Å². The van der Waals surface area contributed by atoms with Crippen LogP contribution in [0.3, 0.4) is 0 Å². The van der Waals surface area contributed by atoms with Crippen LogP contribution in [0.15, 0.2) is 12.4 Å². The summed E-state index contributed by atoms with van der Waals surface area (Å²) in [5.74, 6) is 0.390. The van der Waals surface area contributed by atoms with Gasteiger partial charge < -0.3 is 29.6 Å². The van der Waals surface area contributed by atoms with Crippen molar-refractivity contribution >= 4 is 30.5 Å². The van der Waals surface area contributed by atoms with E-state index in [0.29, 0.717) is 19.0 Å². The molecule has 0 spiro atoms. The fraction of sp³-hybridized carbons (Fsp3) is 0.760. The van der Waals surface area contributed by atoms with Gasteiger partial charge >= 0.3 is 13.2 Å². The predicted octanol–water partition coefficient (Wildman–Crippen LogP) is 2.73. The summed E-state index contributed by atoms with van der Waals surface area (Å²) in [7, 11) is -0.499. The average molecular weight is 503 g/mol. The fourth-order valence-electron chi connectivity index (χ4n) is 4.08. The number of hydrogen-bond donors (Lipinski definition) is 2. The van der Waals surface area contributed by atoms with Crippen molar-refractivity contribution in [3.63, 3.8) is 0 Å². The lowest BCUT2D eigenvalue weighted by Crippen LogP contribution is -2.54. The van der Waals surface area contributed by atoms with Gasteiger partial charge in [0.05, 0.1) is 11.2 Å². The number of carbonyl (C=O) groups excluding carboxylic acids is 2. The molecule has 0 aromatic carbocycles. The molecule has 0 bridgehead atoms. The van der Waals surface area contributed by atoms with Crippen LogP contribution >= 0.6 is 0 Å². The van der Waals surface area contributed by atoms with E-state index in [4.69, 9.17) is 14.0 Å². The van der Waals surface area contributed by atoms with Crippen molar-refractivity contribution in [1.29, 1.82) is 0 Å². The van der Waals surface area contributed by atoms with Crippen molar-refractivity contribution in [2.45, 2.75) is 104 Å². The molecule has 1 aromatic rings. The van der Waals surface area contributed by atoms with Crippen molar-refractivity contribution in [1.82, 2.24) is 20.2 Å². The van der Waals surface area contributed by atoms with Gasteiger partial charge in [-0.3, -0.25) is 4.79 Å². The van der Waals surface area contributed by atoms with E-state index in [9.17, 15) is 9.59 Å². The molecule has 0 aliphatic carbocycles. The van der Waals surface area contributed by atoms with Crippen LogP contribution in [0.1, 0.15) is 75.2 Å². The Morgan fingerprint density at radius 1 is 1.08 bits per heavy atom. The van der Waals surface area contributed by atoms with Crippen molar-refractivity contribution < 1.29 is 23.6 Å². The van der Waals surface area contributed by atoms with Gasteiger partial charge in [0.1, 0.15) is 11.6 Å². The summed E-state index contributed by atoms with van der Waals surface area (Å²) in [4.78, 5) is 36.1. The number of likely N-dealkylation sites (tertiary alicyclic amines) is 1. The van der Waals surface area contributed by atoms with E-state index in [1.807, 2.05) is 46.4 Å². The molecule has 3 rings (SSSR count). The molecule has 2 aliphatic heterocycles. The Balaban J connectivity index is 1.51. The van der Waals surface area contributed by atoms with Crippen molar-refractivity contribution in [3.05, 3.63) is 12.4 Å². The van der Waals surface area contributed by atoms with Crippen LogP contribution in [0.5, 0.6) is 0 Å². The summed E-state index contributed by atoms with van der Waals surface area (Å²) in [5.41, 5.74) is -0.686. The normalized spacial score (nSPS) is 20.8. The number of carbonyl (C=O) groups is 2. The molecular formula is C25H42BN5O5. The van der Waals surface area contributed by atoms with E-state index in [-0.39, 0.29) is 17.9 Å². The van der Waals surface area contributed by atoms with Crippen LogP contribution in [-0.2, 0) is 18.8 Å². The Bertz CT molecular complexity index is 908. The number of nitrogens with zero attached hydrogens (tertiary/aromatic N) is 3. The second kappa shape index (κ2) is 10.5. The van der Waals surface area contributed by atoms with Crippen LogP contribution in [-0.4, -0.2) is 76.0 Å². The number of nitrogens with one attached hydrogen (secondary N) is 2. The fourth-order valence-corrected chi connectivity index (χ4v) is 4.08. The maximum absolute atomic E-state index is 13.1. The van der Waals surface area contributed by atoms with Gasteiger partial charge in [-0.2, -0.15) is 0 Å². The zero-order valence-electron chi connectivity index (χ0n) is 23.2. The number of aromatic nitrogens is 2. The van der Waals surface area contributed by atoms with Gasteiger partial charge in [-0.05, 0) is 67.2 Å². The van der Waals surface area contributed by atoms with Gasteiger partial charge in [0.15, 0.2) is 0 Å². The van der Waals surface area contributed by atoms with E-state index in [1.165, 1.54) is 0 Å². The lowest BCUT2D eigenvalue weighted by atomic mass is 9.81. The van der Waals surface area contributed by atoms with Gasteiger partial charge in [0.25, 0.3) is 0 Å². The minimum atomic E-state index is -0.629. The monoisotopic (exact) mass is 503 g/mol. The summed E-state index contributed by atoms with van der Waals surface area (Å²) in [5, 5.41) is 6.12. The predicted molar refractivity (Wildman–Crippen MR) is 139 cm³/mol. The van der Waals surface area contributed by atoms with Crippen molar-refractivity contribution in [2.75, 3.05) is 18.4 Å². The maximum Gasteiger partial charge on any atom is 0.498 e. The number of hydrogen-bond acceptors (Lipinski definition) is 8. The Kier molecular flexibility index (Phi) is 8.25. The highest BCUT2D eigenvalue weighted by Crippen LogP contribution is 2.36. The zero-order chi connectivity index (χ0) is 26.9.